The van der Waals surface area contributed by atoms with E-state index in [0.717, 1.165) is 0 Å². The van der Waals surface area contributed by atoms with Gasteiger partial charge in [0, 0.05) is 0 Å². The molecule has 0 fully saturated rings. The van der Waals surface area contributed by atoms with E-state index in [1.54, 1.807) is 6.92 Å². The van der Waals surface area contributed by atoms with Crippen molar-refractivity contribution in [3.63, 3.8) is 0 Å². The molecule has 2 radical (unpaired) electrons. The van der Waals surface area contributed by atoms with Crippen LogP contribution in [0.4, 0.5) is 10.1 Å². The monoisotopic (exact) mass is 246 g/mol. The van der Waals surface area contributed by atoms with E-state index in [0.29, 0.717) is 11.4 Å². The molecule has 0 saturated heterocycles. The minimum Gasteiger partial charge on any atom is -0.290 e. The van der Waals surface area contributed by atoms with Crippen molar-refractivity contribution in [2.45, 2.75) is 6.92 Å². The van der Waals surface area contributed by atoms with Crippen molar-refractivity contribution in [2.24, 2.45) is 4.99 Å². The van der Waals surface area contributed by atoms with Gasteiger partial charge in [-0.15, -0.1) is 0 Å². The zero-order valence-corrected chi connectivity index (χ0v) is 9.38. The summed E-state index contributed by atoms with van der Waals surface area (Å²) in [4.78, 5) is 4.03. The van der Waals surface area contributed by atoms with E-state index in [-0.39, 0.29) is 17.0 Å². The third kappa shape index (κ3) is 2.38. The summed E-state index contributed by atoms with van der Waals surface area (Å²) in [5, 5.41) is 16.1. The molecule has 0 spiro atoms. The molecule has 1 aromatic carbocycles. The van der Waals surface area contributed by atoms with Crippen LogP contribution < -0.4 is 10.9 Å². The van der Waals surface area contributed by atoms with Crippen molar-refractivity contribution in [2.75, 3.05) is 0 Å². The molecule has 0 aliphatic carbocycles. The topological polar surface area (TPSA) is 83.5 Å². The molecule has 0 amide bonds. The maximum atomic E-state index is 13.0. The molecule has 0 aliphatic heterocycles. The van der Waals surface area contributed by atoms with Crippen LogP contribution in [0.25, 0.3) is 0 Å². The first-order chi connectivity index (χ1) is 8.61. The molecule has 1 heterocycles. The van der Waals surface area contributed by atoms with Gasteiger partial charge in [0.15, 0.2) is 11.5 Å². The quantitative estimate of drug-likeness (QED) is 0.346. The van der Waals surface area contributed by atoms with E-state index >= 15 is 0 Å². The molecular weight excluding hydrogens is 238 g/mol. The van der Waals surface area contributed by atoms with Crippen LogP contribution in [0.2, 0.25) is 0 Å². The molecule has 0 saturated carbocycles. The maximum absolute atomic E-state index is 13.0. The Balaban J connectivity index is 2.41. The number of aromatic nitrogens is 2. The molecule has 18 heavy (non-hydrogen) atoms. The number of nitrogens with one attached hydrogen (secondary N) is 1. The van der Waals surface area contributed by atoms with Gasteiger partial charge in [0.1, 0.15) is 19.4 Å². The van der Waals surface area contributed by atoms with Gasteiger partial charge >= 0.3 is 0 Å². The van der Waals surface area contributed by atoms with Gasteiger partial charge in [0.05, 0.1) is 5.69 Å². The SMILES string of the molecule is [B]c1cc(N=C(NO)c2nonc2C)ccc1F. The number of rotatable bonds is 2. The van der Waals surface area contributed by atoms with Gasteiger partial charge in [0.25, 0.3) is 0 Å². The second-order valence-electron chi connectivity index (χ2n) is 3.48. The van der Waals surface area contributed by atoms with Gasteiger partial charge in [-0.1, -0.05) is 10.6 Å². The largest absolute Gasteiger partial charge is 0.290 e. The molecule has 1 aromatic heterocycles. The Kier molecular flexibility index (Phi) is 3.38. The molecule has 6 nitrogen and oxygen atoms in total. The number of hydroxylamine groups is 1. The summed E-state index contributed by atoms with van der Waals surface area (Å²) < 4.78 is 17.5. The van der Waals surface area contributed by atoms with Gasteiger partial charge in [-0.25, -0.2) is 14.0 Å². The second-order valence-corrected chi connectivity index (χ2v) is 3.48. The molecule has 2 rings (SSSR count). The fourth-order valence-electron chi connectivity index (χ4n) is 1.31. The number of amidine groups is 1. The highest BCUT2D eigenvalue weighted by atomic mass is 19.1. The fourth-order valence-corrected chi connectivity index (χ4v) is 1.31. The highest BCUT2D eigenvalue weighted by Gasteiger charge is 2.12. The molecule has 90 valence electrons. The summed E-state index contributed by atoms with van der Waals surface area (Å²) in [6.07, 6.45) is 0. The third-order valence-corrected chi connectivity index (χ3v) is 2.20. The molecule has 0 unspecified atom stereocenters. The van der Waals surface area contributed by atoms with Gasteiger partial charge in [-0.3, -0.25) is 10.7 Å². The van der Waals surface area contributed by atoms with Crippen LogP contribution in [0.15, 0.2) is 27.8 Å². The van der Waals surface area contributed by atoms with Gasteiger partial charge < -0.3 is 0 Å². The Labute approximate surface area is 103 Å². The third-order valence-electron chi connectivity index (χ3n) is 2.20. The fraction of sp³-hybridized carbons (Fsp3) is 0.100. The van der Waals surface area contributed by atoms with Crippen LogP contribution in [0, 0.1) is 12.7 Å². The summed E-state index contributed by atoms with van der Waals surface area (Å²) in [5.41, 5.74) is 2.90. The van der Waals surface area contributed by atoms with Gasteiger partial charge in [0.2, 0.25) is 0 Å². The molecule has 0 aliphatic rings. The minimum atomic E-state index is -0.535. The van der Waals surface area contributed by atoms with Crippen molar-refractivity contribution in [1.82, 2.24) is 15.8 Å². The van der Waals surface area contributed by atoms with E-state index in [1.165, 1.54) is 18.2 Å². The number of aliphatic imine (C=N–C) groups is 1. The number of halogens is 1. The molecule has 8 heteroatoms. The average molecular weight is 246 g/mol. The average Bonchev–Trinajstić information content (AvgIpc) is 2.77. The standard InChI is InChI=1S/C10H8BFN4O2/c1-5-9(16-18-15-5)10(14-17)13-6-2-3-8(12)7(11)4-6/h2-4,17H,1H3,(H,13,14). The minimum absolute atomic E-state index is 0.0276. The highest BCUT2D eigenvalue weighted by molar-refractivity contribution is 6.32. The zero-order valence-electron chi connectivity index (χ0n) is 9.38. The number of hydrogen-bond donors (Lipinski definition) is 2. The lowest BCUT2D eigenvalue weighted by Crippen LogP contribution is -2.21. The van der Waals surface area contributed by atoms with E-state index in [1.807, 2.05) is 5.48 Å². The Morgan fingerprint density at radius 2 is 2.28 bits per heavy atom. The Morgan fingerprint density at radius 1 is 1.50 bits per heavy atom. The number of aryl methyl sites for hydroxylation is 1. The Bertz CT molecular complexity index is 599. The van der Waals surface area contributed by atoms with Crippen LogP contribution in [0.1, 0.15) is 11.4 Å². The van der Waals surface area contributed by atoms with Crippen LogP contribution in [0.5, 0.6) is 0 Å². The maximum Gasteiger partial charge on any atom is 0.181 e. The molecule has 2 aromatic rings. The van der Waals surface area contributed by atoms with Crippen LogP contribution >= 0.6 is 0 Å². The molecule has 0 bridgehead atoms. The van der Waals surface area contributed by atoms with Crippen molar-refractivity contribution >= 4 is 24.8 Å². The first kappa shape index (κ1) is 12.2. The summed E-state index contributed by atoms with van der Waals surface area (Å²) in [6, 6.07) is 3.92. The summed E-state index contributed by atoms with van der Waals surface area (Å²) >= 11 is 0. The molecule has 0 atom stereocenters. The lowest BCUT2D eigenvalue weighted by molar-refractivity contribution is 0.234. The van der Waals surface area contributed by atoms with E-state index in [2.05, 4.69) is 19.9 Å². The first-order valence-electron chi connectivity index (χ1n) is 4.95. The number of hydrogen-bond acceptors (Lipinski definition) is 5. The van der Waals surface area contributed by atoms with Crippen molar-refractivity contribution in [3.05, 3.63) is 35.4 Å². The smallest absolute Gasteiger partial charge is 0.181 e. The van der Waals surface area contributed by atoms with Crippen LogP contribution in [0.3, 0.4) is 0 Å². The normalized spacial score (nSPS) is 11.6. The second kappa shape index (κ2) is 4.97. The van der Waals surface area contributed by atoms with Gasteiger partial charge in [-0.05, 0) is 30.3 Å². The highest BCUT2D eigenvalue weighted by Crippen LogP contribution is 2.12. The van der Waals surface area contributed by atoms with Crippen molar-refractivity contribution in [1.29, 1.82) is 0 Å². The lowest BCUT2D eigenvalue weighted by Gasteiger charge is -2.02. The van der Waals surface area contributed by atoms with Crippen molar-refractivity contribution < 1.29 is 14.2 Å². The number of benzene rings is 1. The zero-order chi connectivity index (χ0) is 13.1. The summed E-state index contributed by atoms with van der Waals surface area (Å²) in [5.74, 6) is -0.508. The van der Waals surface area contributed by atoms with Gasteiger partial charge in [-0.2, -0.15) is 0 Å². The number of nitrogens with zero attached hydrogens (tertiary/aromatic N) is 3. The summed E-state index contributed by atoms with van der Waals surface area (Å²) in [6.45, 7) is 1.64. The summed E-state index contributed by atoms with van der Waals surface area (Å²) in [7, 11) is 5.41. The predicted octanol–water partition coefficient (Wildman–Crippen LogP) is 0.368. The Morgan fingerprint density at radius 3 is 2.83 bits per heavy atom. The Hall–Kier alpha value is -2.22. The van der Waals surface area contributed by atoms with Crippen molar-refractivity contribution in [3.8, 4) is 0 Å². The van der Waals surface area contributed by atoms with E-state index in [4.69, 9.17) is 13.1 Å². The lowest BCUT2D eigenvalue weighted by atomic mass is 9.95. The van der Waals surface area contributed by atoms with Crippen LogP contribution in [-0.2, 0) is 0 Å². The van der Waals surface area contributed by atoms with E-state index < -0.39 is 5.82 Å². The predicted molar refractivity (Wildman–Crippen MR) is 61.9 cm³/mol. The first-order valence-corrected chi connectivity index (χ1v) is 4.95. The van der Waals surface area contributed by atoms with Crippen LogP contribution in [-0.4, -0.2) is 29.2 Å². The molecular formula is C10H8BFN4O2. The molecule has 2 N–H and O–H groups in total. The van der Waals surface area contributed by atoms with E-state index in [9.17, 15) is 4.39 Å².